The second-order valence-corrected chi connectivity index (χ2v) is 7.39. The number of piperidine rings is 1. The van der Waals surface area contributed by atoms with Crippen LogP contribution in [0.2, 0.25) is 0 Å². The van der Waals surface area contributed by atoms with Crippen LogP contribution in [0.25, 0.3) is 0 Å². The predicted molar refractivity (Wildman–Crippen MR) is 96.3 cm³/mol. The fourth-order valence-corrected chi connectivity index (χ4v) is 4.06. The maximum atomic E-state index is 12.4. The summed E-state index contributed by atoms with van der Waals surface area (Å²) >= 11 is 0. The summed E-state index contributed by atoms with van der Waals surface area (Å²) in [6.07, 6.45) is 4.99. The molecule has 25 heavy (non-hydrogen) atoms. The number of hydrogen-bond acceptors (Lipinski definition) is 3. The fraction of sp³-hybridized carbons (Fsp3) is 0.600. The molecule has 1 aliphatic carbocycles. The van der Waals surface area contributed by atoms with Gasteiger partial charge in [0.2, 0.25) is 5.91 Å². The summed E-state index contributed by atoms with van der Waals surface area (Å²) in [4.78, 5) is 24.5. The standard InChI is InChI=1S/C20H28N2O3/c1-13-3-5-14(6-4-13)19(23)21-10-9-16-11-15-7-8-17(25-2)12-18(15)22-20(16)24/h3-6,15-18H,7-12H2,1-2H3,(H,21,23)(H,22,24). The number of nitrogens with one attached hydrogen (secondary N) is 2. The number of benzene rings is 1. The lowest BCUT2D eigenvalue weighted by atomic mass is 9.74. The van der Waals surface area contributed by atoms with Crippen LogP contribution in [0.5, 0.6) is 0 Å². The Kier molecular flexibility index (Phi) is 5.74. The van der Waals surface area contributed by atoms with E-state index in [1.165, 1.54) is 0 Å². The Morgan fingerprint density at radius 3 is 2.72 bits per heavy atom. The fourth-order valence-electron chi connectivity index (χ4n) is 4.06. The Labute approximate surface area is 149 Å². The second kappa shape index (κ2) is 8.00. The monoisotopic (exact) mass is 344 g/mol. The first-order chi connectivity index (χ1) is 12.1. The Bertz CT molecular complexity index is 614. The van der Waals surface area contributed by atoms with Crippen molar-refractivity contribution in [2.75, 3.05) is 13.7 Å². The third-order valence-electron chi connectivity index (χ3n) is 5.66. The quantitative estimate of drug-likeness (QED) is 0.862. The first kappa shape index (κ1) is 17.9. The molecule has 136 valence electrons. The van der Waals surface area contributed by atoms with Crippen LogP contribution in [0.1, 0.15) is 48.0 Å². The van der Waals surface area contributed by atoms with Gasteiger partial charge in [-0.1, -0.05) is 17.7 Å². The maximum absolute atomic E-state index is 12.4. The number of hydrogen-bond donors (Lipinski definition) is 2. The van der Waals surface area contributed by atoms with Gasteiger partial charge in [-0.05, 0) is 57.1 Å². The summed E-state index contributed by atoms with van der Waals surface area (Å²) in [6, 6.07) is 7.78. The van der Waals surface area contributed by atoms with Crippen molar-refractivity contribution >= 4 is 11.8 Å². The minimum atomic E-state index is -0.0744. The van der Waals surface area contributed by atoms with Crippen LogP contribution in [0.3, 0.4) is 0 Å². The molecule has 0 bridgehead atoms. The van der Waals surface area contributed by atoms with Crippen molar-refractivity contribution in [1.29, 1.82) is 0 Å². The molecule has 0 aromatic heterocycles. The highest BCUT2D eigenvalue weighted by molar-refractivity contribution is 5.94. The molecular weight excluding hydrogens is 316 g/mol. The highest BCUT2D eigenvalue weighted by Crippen LogP contribution is 2.35. The largest absolute Gasteiger partial charge is 0.381 e. The van der Waals surface area contributed by atoms with E-state index in [1.54, 1.807) is 7.11 Å². The van der Waals surface area contributed by atoms with E-state index in [4.69, 9.17) is 4.74 Å². The number of methoxy groups -OCH3 is 1. The molecule has 1 aromatic rings. The lowest BCUT2D eigenvalue weighted by Crippen LogP contribution is -2.53. The first-order valence-electron chi connectivity index (χ1n) is 9.25. The van der Waals surface area contributed by atoms with Crippen molar-refractivity contribution in [2.24, 2.45) is 11.8 Å². The van der Waals surface area contributed by atoms with Gasteiger partial charge in [-0.2, -0.15) is 0 Å². The number of amides is 2. The lowest BCUT2D eigenvalue weighted by molar-refractivity contribution is -0.131. The molecule has 2 amide bonds. The Morgan fingerprint density at radius 1 is 1.24 bits per heavy atom. The third kappa shape index (κ3) is 4.40. The van der Waals surface area contributed by atoms with Crippen molar-refractivity contribution in [1.82, 2.24) is 10.6 Å². The van der Waals surface area contributed by atoms with Crippen LogP contribution in [0, 0.1) is 18.8 Å². The molecule has 2 N–H and O–H groups in total. The zero-order chi connectivity index (χ0) is 17.8. The molecule has 2 fully saturated rings. The molecule has 1 aromatic carbocycles. The number of fused-ring (bicyclic) bond motifs is 1. The van der Waals surface area contributed by atoms with Gasteiger partial charge in [0.05, 0.1) is 6.10 Å². The molecule has 2 aliphatic rings. The molecule has 0 spiro atoms. The zero-order valence-corrected chi connectivity index (χ0v) is 15.1. The van der Waals surface area contributed by atoms with Crippen molar-refractivity contribution in [3.8, 4) is 0 Å². The van der Waals surface area contributed by atoms with Crippen molar-refractivity contribution in [3.05, 3.63) is 35.4 Å². The average molecular weight is 344 g/mol. The van der Waals surface area contributed by atoms with Crippen LogP contribution in [-0.2, 0) is 9.53 Å². The highest BCUT2D eigenvalue weighted by atomic mass is 16.5. The summed E-state index contributed by atoms with van der Waals surface area (Å²) in [5, 5.41) is 6.11. The van der Waals surface area contributed by atoms with Gasteiger partial charge in [0, 0.05) is 31.2 Å². The number of carbonyl (C=O) groups is 2. The van der Waals surface area contributed by atoms with Gasteiger partial charge >= 0.3 is 0 Å². The average Bonchev–Trinajstić information content (AvgIpc) is 2.62. The van der Waals surface area contributed by atoms with Crippen LogP contribution in [-0.4, -0.2) is 37.6 Å². The van der Waals surface area contributed by atoms with E-state index >= 15 is 0 Å². The van der Waals surface area contributed by atoms with Crippen LogP contribution in [0.4, 0.5) is 0 Å². The SMILES string of the molecule is COC1CCC2CC(CCNC(=O)c3ccc(C)cc3)C(=O)NC2C1. The predicted octanol–water partition coefficient (Wildman–Crippen LogP) is 2.43. The van der Waals surface area contributed by atoms with Gasteiger partial charge in [-0.15, -0.1) is 0 Å². The Morgan fingerprint density at radius 2 is 2.00 bits per heavy atom. The van der Waals surface area contributed by atoms with Gasteiger partial charge in [-0.25, -0.2) is 0 Å². The molecule has 1 saturated heterocycles. The van der Waals surface area contributed by atoms with E-state index in [9.17, 15) is 9.59 Å². The van der Waals surface area contributed by atoms with Crippen LogP contribution in [0.15, 0.2) is 24.3 Å². The van der Waals surface area contributed by atoms with Crippen LogP contribution >= 0.6 is 0 Å². The zero-order valence-electron chi connectivity index (χ0n) is 15.1. The van der Waals surface area contributed by atoms with E-state index in [-0.39, 0.29) is 29.9 Å². The van der Waals surface area contributed by atoms with Gasteiger partial charge in [-0.3, -0.25) is 9.59 Å². The number of ether oxygens (including phenoxy) is 1. The second-order valence-electron chi connectivity index (χ2n) is 7.39. The van der Waals surface area contributed by atoms with Crippen molar-refractivity contribution in [3.63, 3.8) is 0 Å². The highest BCUT2D eigenvalue weighted by Gasteiger charge is 2.39. The summed E-state index contributed by atoms with van der Waals surface area (Å²) in [7, 11) is 1.75. The molecule has 1 saturated carbocycles. The van der Waals surface area contributed by atoms with E-state index in [0.717, 1.165) is 31.2 Å². The van der Waals surface area contributed by atoms with E-state index in [0.29, 0.717) is 24.4 Å². The topological polar surface area (TPSA) is 67.4 Å². The summed E-state index contributed by atoms with van der Waals surface area (Å²) < 4.78 is 5.44. The van der Waals surface area contributed by atoms with Gasteiger partial charge in [0.15, 0.2) is 0 Å². The maximum Gasteiger partial charge on any atom is 0.251 e. The molecule has 4 atom stereocenters. The molecule has 3 rings (SSSR count). The van der Waals surface area contributed by atoms with Gasteiger partial charge < -0.3 is 15.4 Å². The minimum Gasteiger partial charge on any atom is -0.381 e. The number of rotatable bonds is 5. The summed E-state index contributed by atoms with van der Waals surface area (Å²) in [6.45, 7) is 2.53. The summed E-state index contributed by atoms with van der Waals surface area (Å²) in [5.74, 6) is 0.595. The van der Waals surface area contributed by atoms with Crippen molar-refractivity contribution < 1.29 is 14.3 Å². The molecule has 5 heteroatoms. The Balaban J connectivity index is 1.46. The normalized spacial score (nSPS) is 28.8. The lowest BCUT2D eigenvalue weighted by Gasteiger charge is -2.41. The summed E-state index contributed by atoms with van der Waals surface area (Å²) in [5.41, 5.74) is 1.80. The molecule has 1 aliphatic heterocycles. The Hall–Kier alpha value is -1.88. The van der Waals surface area contributed by atoms with Crippen LogP contribution < -0.4 is 10.6 Å². The van der Waals surface area contributed by atoms with E-state index in [2.05, 4.69) is 10.6 Å². The van der Waals surface area contributed by atoms with E-state index in [1.807, 2.05) is 31.2 Å². The van der Waals surface area contributed by atoms with Gasteiger partial charge in [0.1, 0.15) is 0 Å². The van der Waals surface area contributed by atoms with Crippen molar-refractivity contribution in [2.45, 2.75) is 51.2 Å². The number of aryl methyl sites for hydroxylation is 1. The minimum absolute atomic E-state index is 0.00124. The smallest absolute Gasteiger partial charge is 0.251 e. The molecule has 5 nitrogen and oxygen atoms in total. The van der Waals surface area contributed by atoms with Gasteiger partial charge in [0.25, 0.3) is 5.91 Å². The first-order valence-corrected chi connectivity index (χ1v) is 9.25. The third-order valence-corrected chi connectivity index (χ3v) is 5.66. The molecule has 0 radical (unpaired) electrons. The molecule has 1 heterocycles. The molecular formula is C20H28N2O3. The number of carbonyl (C=O) groups excluding carboxylic acids is 2. The van der Waals surface area contributed by atoms with E-state index < -0.39 is 0 Å². The molecule has 4 unspecified atom stereocenters.